The average Bonchev–Trinajstić information content (AvgIpc) is 3.00. The zero-order valence-corrected chi connectivity index (χ0v) is 17.3. The lowest BCUT2D eigenvalue weighted by Gasteiger charge is -2.23. The smallest absolute Gasteiger partial charge is 0.254 e. The van der Waals surface area contributed by atoms with Crippen molar-refractivity contribution in [3.8, 4) is 11.5 Å². The summed E-state index contributed by atoms with van der Waals surface area (Å²) >= 11 is 0. The van der Waals surface area contributed by atoms with Crippen LogP contribution in [0.4, 0.5) is 0 Å². The van der Waals surface area contributed by atoms with Gasteiger partial charge in [-0.2, -0.15) is 0 Å². The van der Waals surface area contributed by atoms with E-state index in [1.807, 2.05) is 59.2 Å². The van der Waals surface area contributed by atoms with Gasteiger partial charge in [0.1, 0.15) is 0 Å². The summed E-state index contributed by atoms with van der Waals surface area (Å²) in [6.07, 6.45) is 1.07. The summed E-state index contributed by atoms with van der Waals surface area (Å²) in [5, 5.41) is 0. The van der Waals surface area contributed by atoms with Crippen molar-refractivity contribution in [3.63, 3.8) is 0 Å². The zero-order valence-electron chi connectivity index (χ0n) is 17.3. The van der Waals surface area contributed by atoms with Gasteiger partial charge in [0.25, 0.3) is 5.91 Å². The molecule has 0 radical (unpaired) electrons. The van der Waals surface area contributed by atoms with Crippen LogP contribution >= 0.6 is 0 Å². The van der Waals surface area contributed by atoms with E-state index in [0.717, 1.165) is 23.1 Å². The van der Waals surface area contributed by atoms with Crippen LogP contribution in [-0.2, 0) is 11.2 Å². The molecule has 2 aromatic carbocycles. The van der Waals surface area contributed by atoms with Crippen molar-refractivity contribution in [3.05, 3.63) is 59.2 Å². The van der Waals surface area contributed by atoms with Crippen LogP contribution in [0.3, 0.4) is 0 Å². The Labute approximate surface area is 172 Å². The van der Waals surface area contributed by atoms with Crippen LogP contribution in [0.25, 0.3) is 0 Å². The Morgan fingerprint density at radius 1 is 0.897 bits per heavy atom. The molecule has 0 aliphatic carbocycles. The van der Waals surface area contributed by atoms with Gasteiger partial charge in [-0.15, -0.1) is 0 Å². The van der Waals surface area contributed by atoms with E-state index in [2.05, 4.69) is 0 Å². The maximum atomic E-state index is 12.9. The van der Waals surface area contributed by atoms with Gasteiger partial charge in [-0.1, -0.05) is 24.3 Å². The summed E-state index contributed by atoms with van der Waals surface area (Å²) in [7, 11) is 3.17. The number of nitrogens with zero attached hydrogens (tertiary/aromatic N) is 2. The first-order valence-electron chi connectivity index (χ1n) is 9.87. The van der Waals surface area contributed by atoms with E-state index in [0.29, 0.717) is 44.1 Å². The minimum atomic E-state index is 0.0392. The molecule has 0 unspecified atom stereocenters. The predicted octanol–water partition coefficient (Wildman–Crippen LogP) is 2.93. The fourth-order valence-electron chi connectivity index (χ4n) is 3.63. The third kappa shape index (κ3) is 4.88. The molecule has 1 saturated heterocycles. The Morgan fingerprint density at radius 3 is 2.31 bits per heavy atom. The second kappa shape index (κ2) is 9.45. The molecule has 0 N–H and O–H groups in total. The summed E-state index contributed by atoms with van der Waals surface area (Å²) in [6, 6.07) is 13.2. The fourth-order valence-corrected chi connectivity index (χ4v) is 3.63. The largest absolute Gasteiger partial charge is 0.493 e. The second-order valence-corrected chi connectivity index (χ2v) is 7.21. The molecule has 1 fully saturated rings. The molecule has 2 aromatic rings. The van der Waals surface area contributed by atoms with Gasteiger partial charge in [-0.05, 0) is 42.7 Å². The first-order valence-corrected chi connectivity index (χ1v) is 9.87. The van der Waals surface area contributed by atoms with Crippen LogP contribution < -0.4 is 9.47 Å². The number of benzene rings is 2. The van der Waals surface area contributed by atoms with Gasteiger partial charge >= 0.3 is 0 Å². The molecular weight excluding hydrogens is 368 g/mol. The Hall–Kier alpha value is -3.02. The molecule has 1 heterocycles. The molecule has 29 heavy (non-hydrogen) atoms. The number of amides is 2. The highest BCUT2D eigenvalue weighted by atomic mass is 16.5. The van der Waals surface area contributed by atoms with Crippen LogP contribution in [0.2, 0.25) is 0 Å². The zero-order chi connectivity index (χ0) is 20.8. The van der Waals surface area contributed by atoms with E-state index in [1.54, 1.807) is 14.2 Å². The quantitative estimate of drug-likeness (QED) is 0.780. The Balaban J connectivity index is 1.62. The maximum absolute atomic E-state index is 12.9. The molecule has 3 rings (SSSR count). The summed E-state index contributed by atoms with van der Waals surface area (Å²) in [5.74, 6) is 1.35. The van der Waals surface area contributed by atoms with Crippen molar-refractivity contribution in [1.82, 2.24) is 9.80 Å². The van der Waals surface area contributed by atoms with E-state index in [-0.39, 0.29) is 11.8 Å². The van der Waals surface area contributed by atoms with Gasteiger partial charge in [-0.3, -0.25) is 9.59 Å². The first kappa shape index (κ1) is 20.7. The van der Waals surface area contributed by atoms with Crippen LogP contribution in [0.5, 0.6) is 11.5 Å². The average molecular weight is 396 g/mol. The van der Waals surface area contributed by atoms with E-state index in [1.165, 1.54) is 0 Å². The van der Waals surface area contributed by atoms with Gasteiger partial charge in [0.05, 0.1) is 20.6 Å². The van der Waals surface area contributed by atoms with Crippen molar-refractivity contribution in [2.24, 2.45) is 0 Å². The summed E-state index contributed by atoms with van der Waals surface area (Å²) in [6.45, 7) is 4.36. The highest BCUT2D eigenvalue weighted by Crippen LogP contribution is 2.28. The number of ether oxygens (including phenoxy) is 2. The summed E-state index contributed by atoms with van der Waals surface area (Å²) in [4.78, 5) is 29.4. The lowest BCUT2D eigenvalue weighted by atomic mass is 10.1. The minimum Gasteiger partial charge on any atom is -0.493 e. The topological polar surface area (TPSA) is 59.1 Å². The third-order valence-electron chi connectivity index (χ3n) is 5.31. The SMILES string of the molecule is COc1ccc(CC(=O)N2CCCN(C(=O)c3ccccc3C)CC2)cc1OC. The molecule has 154 valence electrons. The van der Waals surface area contributed by atoms with E-state index in [4.69, 9.17) is 9.47 Å². The highest BCUT2D eigenvalue weighted by Gasteiger charge is 2.23. The van der Waals surface area contributed by atoms with Crippen molar-refractivity contribution >= 4 is 11.8 Å². The van der Waals surface area contributed by atoms with Gasteiger partial charge in [-0.25, -0.2) is 0 Å². The Morgan fingerprint density at radius 2 is 1.59 bits per heavy atom. The van der Waals surface area contributed by atoms with Crippen LogP contribution in [0.15, 0.2) is 42.5 Å². The van der Waals surface area contributed by atoms with Gasteiger partial charge < -0.3 is 19.3 Å². The third-order valence-corrected chi connectivity index (χ3v) is 5.31. The van der Waals surface area contributed by atoms with Crippen LogP contribution in [-0.4, -0.2) is 62.0 Å². The van der Waals surface area contributed by atoms with Gasteiger partial charge in [0, 0.05) is 31.7 Å². The number of methoxy groups -OCH3 is 2. The molecule has 0 bridgehead atoms. The van der Waals surface area contributed by atoms with Crippen LogP contribution in [0.1, 0.15) is 27.9 Å². The first-order chi connectivity index (χ1) is 14.0. The monoisotopic (exact) mass is 396 g/mol. The van der Waals surface area contributed by atoms with Gasteiger partial charge in [0.2, 0.25) is 5.91 Å². The summed E-state index contributed by atoms with van der Waals surface area (Å²) in [5.41, 5.74) is 2.59. The molecule has 6 nitrogen and oxygen atoms in total. The van der Waals surface area contributed by atoms with Gasteiger partial charge in [0.15, 0.2) is 11.5 Å². The molecular formula is C23H28N2O4. The second-order valence-electron chi connectivity index (χ2n) is 7.21. The molecule has 1 aliphatic rings. The van der Waals surface area contributed by atoms with E-state index < -0.39 is 0 Å². The molecule has 0 atom stereocenters. The summed E-state index contributed by atoms with van der Waals surface area (Å²) < 4.78 is 10.6. The molecule has 0 spiro atoms. The van der Waals surface area contributed by atoms with Crippen LogP contribution in [0, 0.1) is 6.92 Å². The maximum Gasteiger partial charge on any atom is 0.254 e. The molecule has 1 aliphatic heterocycles. The van der Waals surface area contributed by atoms with Crippen molar-refractivity contribution in [1.29, 1.82) is 0 Å². The lowest BCUT2D eigenvalue weighted by molar-refractivity contribution is -0.130. The number of carbonyl (C=O) groups is 2. The molecule has 0 aromatic heterocycles. The number of carbonyl (C=O) groups excluding carboxylic acids is 2. The van der Waals surface area contributed by atoms with Crippen molar-refractivity contribution < 1.29 is 19.1 Å². The lowest BCUT2D eigenvalue weighted by Crippen LogP contribution is -2.38. The van der Waals surface area contributed by atoms with Crippen molar-refractivity contribution in [2.75, 3.05) is 40.4 Å². The number of aryl methyl sites for hydroxylation is 1. The number of hydrogen-bond acceptors (Lipinski definition) is 4. The highest BCUT2D eigenvalue weighted by molar-refractivity contribution is 5.95. The predicted molar refractivity (Wildman–Crippen MR) is 112 cm³/mol. The molecule has 2 amide bonds. The van der Waals surface area contributed by atoms with Crippen molar-refractivity contribution in [2.45, 2.75) is 19.8 Å². The van der Waals surface area contributed by atoms with E-state index in [9.17, 15) is 9.59 Å². The minimum absolute atomic E-state index is 0.0392. The number of hydrogen-bond donors (Lipinski definition) is 0. The Kier molecular flexibility index (Phi) is 6.75. The number of rotatable bonds is 5. The van der Waals surface area contributed by atoms with E-state index >= 15 is 0 Å². The standard InChI is InChI=1S/C23H28N2O4/c1-17-7-4-5-8-19(17)23(27)25-12-6-11-24(13-14-25)22(26)16-18-9-10-20(28-2)21(15-18)29-3/h4-5,7-10,15H,6,11-14,16H2,1-3H3. The molecule has 6 heteroatoms. The molecule has 0 saturated carbocycles. The Bertz CT molecular complexity index is 881. The normalized spacial score (nSPS) is 14.3. The fraction of sp³-hybridized carbons (Fsp3) is 0.391.